The summed E-state index contributed by atoms with van der Waals surface area (Å²) in [5.41, 5.74) is 1.74. The van der Waals surface area contributed by atoms with Crippen LogP contribution in [0.4, 0.5) is 5.82 Å². The number of hydrogen-bond acceptors (Lipinski definition) is 3. The van der Waals surface area contributed by atoms with Crippen molar-refractivity contribution in [2.75, 3.05) is 25.0 Å². The Morgan fingerprint density at radius 1 is 1.25 bits per heavy atom. The summed E-state index contributed by atoms with van der Waals surface area (Å²) in [7, 11) is 0. The average Bonchev–Trinajstić information content (AvgIpc) is 2.89. The van der Waals surface area contributed by atoms with E-state index in [1.54, 1.807) is 0 Å². The van der Waals surface area contributed by atoms with E-state index in [2.05, 4.69) is 49.2 Å². The maximum Gasteiger partial charge on any atom is 0.126 e. The first-order valence-electron chi connectivity index (χ1n) is 8.13. The van der Waals surface area contributed by atoms with Crippen LogP contribution in [0.5, 0.6) is 0 Å². The fourth-order valence-corrected chi connectivity index (χ4v) is 3.14. The number of pyridine rings is 1. The molecular formula is C17H29N3. The van der Waals surface area contributed by atoms with Crippen molar-refractivity contribution in [2.24, 2.45) is 5.41 Å². The molecule has 1 aromatic rings. The highest BCUT2D eigenvalue weighted by Gasteiger charge is 2.34. The Hall–Kier alpha value is -1.09. The molecule has 3 nitrogen and oxygen atoms in total. The third-order valence-electron chi connectivity index (χ3n) is 4.77. The molecule has 0 bridgehead atoms. The normalized spacial score (nSPS) is 18.4. The number of nitrogens with zero attached hydrogens (tertiary/aromatic N) is 2. The van der Waals surface area contributed by atoms with E-state index in [0.29, 0.717) is 5.41 Å². The summed E-state index contributed by atoms with van der Waals surface area (Å²) in [4.78, 5) is 7.29. The lowest BCUT2D eigenvalue weighted by atomic mass is 9.82. The highest BCUT2D eigenvalue weighted by atomic mass is 15.2. The second kappa shape index (κ2) is 7.07. The predicted octanol–water partition coefficient (Wildman–Crippen LogP) is 3.92. The Bertz CT molecular complexity index is 412. The quantitative estimate of drug-likeness (QED) is 0.817. The number of anilines is 1. The van der Waals surface area contributed by atoms with Crippen LogP contribution in [0.2, 0.25) is 0 Å². The molecule has 0 amide bonds. The molecule has 3 heteroatoms. The lowest BCUT2D eigenvalue weighted by molar-refractivity contribution is 0.235. The molecule has 0 aliphatic carbocycles. The number of rotatable bonds is 7. The molecule has 1 N–H and O–H groups in total. The minimum absolute atomic E-state index is 0.554. The summed E-state index contributed by atoms with van der Waals surface area (Å²) < 4.78 is 0. The predicted molar refractivity (Wildman–Crippen MR) is 85.9 cm³/mol. The van der Waals surface area contributed by atoms with Crippen molar-refractivity contribution in [1.29, 1.82) is 0 Å². The van der Waals surface area contributed by atoms with Crippen LogP contribution in [-0.2, 0) is 6.54 Å². The third-order valence-corrected chi connectivity index (χ3v) is 4.77. The first-order chi connectivity index (χ1) is 9.71. The van der Waals surface area contributed by atoms with Gasteiger partial charge in [0.25, 0.3) is 0 Å². The highest BCUT2D eigenvalue weighted by molar-refractivity contribution is 5.35. The van der Waals surface area contributed by atoms with E-state index in [1.165, 1.54) is 38.0 Å². The van der Waals surface area contributed by atoms with Crippen LogP contribution in [-0.4, -0.2) is 29.5 Å². The van der Waals surface area contributed by atoms with E-state index in [0.717, 1.165) is 25.3 Å². The van der Waals surface area contributed by atoms with Crippen molar-refractivity contribution in [2.45, 2.75) is 53.0 Å². The number of likely N-dealkylation sites (tertiary alicyclic amines) is 1. The lowest BCUT2D eigenvalue weighted by Crippen LogP contribution is -2.26. The van der Waals surface area contributed by atoms with Crippen molar-refractivity contribution in [3.05, 3.63) is 23.9 Å². The topological polar surface area (TPSA) is 28.2 Å². The van der Waals surface area contributed by atoms with Crippen LogP contribution < -0.4 is 5.32 Å². The van der Waals surface area contributed by atoms with E-state index in [9.17, 15) is 0 Å². The summed E-state index contributed by atoms with van der Waals surface area (Å²) in [6, 6.07) is 6.32. The summed E-state index contributed by atoms with van der Waals surface area (Å²) >= 11 is 0. The minimum atomic E-state index is 0.554. The van der Waals surface area contributed by atoms with Crippen LogP contribution in [0, 0.1) is 5.41 Å². The van der Waals surface area contributed by atoms with Gasteiger partial charge in [0.15, 0.2) is 0 Å². The van der Waals surface area contributed by atoms with Crippen LogP contribution >= 0.6 is 0 Å². The van der Waals surface area contributed by atoms with Gasteiger partial charge in [-0.15, -0.1) is 0 Å². The molecule has 112 valence electrons. The molecule has 0 atom stereocenters. The Kier molecular flexibility index (Phi) is 5.41. The van der Waals surface area contributed by atoms with E-state index in [4.69, 9.17) is 4.98 Å². The molecule has 0 unspecified atom stereocenters. The van der Waals surface area contributed by atoms with Gasteiger partial charge in [-0.1, -0.05) is 26.8 Å². The number of aromatic nitrogens is 1. The Morgan fingerprint density at radius 3 is 2.70 bits per heavy atom. The molecule has 2 heterocycles. The maximum absolute atomic E-state index is 4.72. The fraction of sp³-hybridized carbons (Fsp3) is 0.706. The monoisotopic (exact) mass is 275 g/mol. The SMILES string of the molecule is CCCNc1cccc(CN2CCC(CC)(CC)C2)n1. The van der Waals surface area contributed by atoms with Gasteiger partial charge in [-0.2, -0.15) is 0 Å². The average molecular weight is 275 g/mol. The molecule has 1 fully saturated rings. The van der Waals surface area contributed by atoms with Gasteiger partial charge < -0.3 is 5.32 Å². The van der Waals surface area contributed by atoms with Crippen molar-refractivity contribution in [3.63, 3.8) is 0 Å². The molecule has 1 saturated heterocycles. The summed E-state index contributed by atoms with van der Waals surface area (Å²) in [5.74, 6) is 1.01. The molecule has 0 spiro atoms. The zero-order chi connectivity index (χ0) is 14.4. The summed E-state index contributed by atoms with van der Waals surface area (Å²) in [6.45, 7) is 11.3. The molecule has 1 aliphatic heterocycles. The number of hydrogen-bond donors (Lipinski definition) is 1. The zero-order valence-electron chi connectivity index (χ0n) is 13.3. The molecule has 0 aromatic carbocycles. The highest BCUT2D eigenvalue weighted by Crippen LogP contribution is 2.37. The first kappa shape index (κ1) is 15.3. The van der Waals surface area contributed by atoms with E-state index >= 15 is 0 Å². The van der Waals surface area contributed by atoms with Crippen LogP contribution in [0.3, 0.4) is 0 Å². The Balaban J connectivity index is 1.94. The minimum Gasteiger partial charge on any atom is -0.370 e. The van der Waals surface area contributed by atoms with Crippen molar-refractivity contribution in [1.82, 2.24) is 9.88 Å². The van der Waals surface area contributed by atoms with Crippen molar-refractivity contribution in [3.8, 4) is 0 Å². The zero-order valence-corrected chi connectivity index (χ0v) is 13.3. The van der Waals surface area contributed by atoms with Crippen molar-refractivity contribution < 1.29 is 0 Å². The second-order valence-corrected chi connectivity index (χ2v) is 6.11. The van der Waals surface area contributed by atoms with Gasteiger partial charge in [-0.05, 0) is 49.8 Å². The second-order valence-electron chi connectivity index (χ2n) is 6.11. The lowest BCUT2D eigenvalue weighted by Gasteiger charge is -2.26. The summed E-state index contributed by atoms with van der Waals surface area (Å²) in [5, 5.41) is 3.37. The van der Waals surface area contributed by atoms with Crippen molar-refractivity contribution >= 4 is 5.82 Å². The molecule has 1 aromatic heterocycles. The largest absolute Gasteiger partial charge is 0.370 e. The van der Waals surface area contributed by atoms with Crippen LogP contribution in [0.25, 0.3) is 0 Å². The molecule has 20 heavy (non-hydrogen) atoms. The van der Waals surface area contributed by atoms with Gasteiger partial charge in [0.2, 0.25) is 0 Å². The molecule has 1 aliphatic rings. The molecule has 2 rings (SSSR count). The van der Waals surface area contributed by atoms with Gasteiger partial charge in [-0.25, -0.2) is 4.98 Å². The van der Waals surface area contributed by atoms with Gasteiger partial charge in [0.1, 0.15) is 5.82 Å². The van der Waals surface area contributed by atoms with E-state index < -0.39 is 0 Å². The first-order valence-corrected chi connectivity index (χ1v) is 8.13. The van der Waals surface area contributed by atoms with Gasteiger partial charge >= 0.3 is 0 Å². The standard InChI is InChI=1S/C17H29N3/c1-4-11-18-16-9-7-8-15(19-16)13-20-12-10-17(5-2,6-3)14-20/h7-9H,4-6,10-14H2,1-3H3,(H,18,19). The third kappa shape index (κ3) is 3.72. The van der Waals surface area contributed by atoms with Gasteiger partial charge in [-0.3, -0.25) is 4.90 Å². The molecule has 0 radical (unpaired) electrons. The Labute approximate surface area is 123 Å². The fourth-order valence-electron chi connectivity index (χ4n) is 3.14. The smallest absolute Gasteiger partial charge is 0.126 e. The molecular weight excluding hydrogens is 246 g/mol. The van der Waals surface area contributed by atoms with Crippen LogP contribution in [0.15, 0.2) is 18.2 Å². The van der Waals surface area contributed by atoms with Gasteiger partial charge in [0, 0.05) is 19.6 Å². The maximum atomic E-state index is 4.72. The van der Waals surface area contributed by atoms with E-state index in [1.807, 2.05) is 0 Å². The molecule has 0 saturated carbocycles. The Morgan fingerprint density at radius 2 is 2.05 bits per heavy atom. The van der Waals surface area contributed by atoms with E-state index in [-0.39, 0.29) is 0 Å². The number of nitrogens with one attached hydrogen (secondary N) is 1. The van der Waals surface area contributed by atoms with Crippen LogP contribution in [0.1, 0.15) is 52.1 Å². The summed E-state index contributed by atoms with van der Waals surface area (Å²) in [6.07, 6.45) is 5.07. The van der Waals surface area contributed by atoms with Gasteiger partial charge in [0.05, 0.1) is 5.69 Å².